The Balaban J connectivity index is 1.55. The van der Waals surface area contributed by atoms with Gasteiger partial charge in [0.1, 0.15) is 36.1 Å². The molecule has 2 unspecified atom stereocenters. The van der Waals surface area contributed by atoms with Gasteiger partial charge >= 0.3 is 0 Å². The van der Waals surface area contributed by atoms with Crippen molar-refractivity contribution in [3.05, 3.63) is 119 Å². The van der Waals surface area contributed by atoms with Crippen molar-refractivity contribution in [2.75, 3.05) is 13.2 Å². The molecular weight excluding hydrogens is 502 g/mol. The second-order valence-electron chi connectivity index (χ2n) is 10.6. The number of ether oxygens (including phenoxy) is 4. The van der Waals surface area contributed by atoms with Crippen LogP contribution in [0.4, 0.5) is 0 Å². The Morgan fingerprint density at radius 1 is 0.900 bits per heavy atom. The van der Waals surface area contributed by atoms with Crippen LogP contribution in [0, 0.1) is 22.7 Å². The average molecular weight is 536 g/mol. The highest BCUT2D eigenvalue weighted by Crippen LogP contribution is 2.49. The summed E-state index contributed by atoms with van der Waals surface area (Å²) in [5.41, 5.74) is 1.39. The normalized spacial score (nSPS) is 25.5. The molecule has 2 heterocycles. The van der Waals surface area contributed by atoms with Crippen LogP contribution in [0.1, 0.15) is 37.5 Å². The molecule has 40 heavy (non-hydrogen) atoms. The smallest absolute Gasteiger partial charge is 0.164 e. The van der Waals surface area contributed by atoms with Crippen LogP contribution in [-0.2, 0) is 24.5 Å². The van der Waals surface area contributed by atoms with E-state index in [4.69, 9.17) is 24.2 Å². The van der Waals surface area contributed by atoms with Crippen LogP contribution in [-0.4, -0.2) is 42.9 Å². The molecule has 0 aromatic heterocycles. The van der Waals surface area contributed by atoms with Gasteiger partial charge in [0.05, 0.1) is 24.3 Å². The topological polar surface area (TPSA) is 96.5 Å². The first kappa shape index (κ1) is 27.6. The van der Waals surface area contributed by atoms with Gasteiger partial charge in [-0.2, -0.15) is 10.5 Å². The molecule has 3 aromatic rings. The molecule has 2 saturated heterocycles. The Kier molecular flexibility index (Phi) is 7.76. The summed E-state index contributed by atoms with van der Waals surface area (Å²) in [6, 6.07) is 34.7. The van der Waals surface area contributed by atoms with Crippen LogP contribution in [0.5, 0.6) is 0 Å². The molecule has 5 rings (SSSR count). The summed E-state index contributed by atoms with van der Waals surface area (Å²) in [4.78, 5) is 0. The number of nitrogens with one attached hydrogen (secondary N) is 1. The Labute approximate surface area is 235 Å². The van der Waals surface area contributed by atoms with Crippen LogP contribution in [0.3, 0.4) is 0 Å². The predicted molar refractivity (Wildman–Crippen MR) is 150 cm³/mol. The minimum absolute atomic E-state index is 0.0706. The highest BCUT2D eigenvalue weighted by atomic mass is 16.8. The van der Waals surface area contributed by atoms with E-state index < -0.39 is 35.3 Å². The lowest BCUT2D eigenvalue weighted by molar-refractivity contribution is -0.203. The molecule has 204 valence electrons. The van der Waals surface area contributed by atoms with E-state index in [2.05, 4.69) is 47.8 Å². The highest BCUT2D eigenvalue weighted by molar-refractivity contribution is 5.47. The second-order valence-corrected chi connectivity index (χ2v) is 10.6. The number of nitrogens with zero attached hydrogens (tertiary/aromatic N) is 2. The summed E-state index contributed by atoms with van der Waals surface area (Å²) in [5, 5.41) is 21.8. The summed E-state index contributed by atoms with van der Waals surface area (Å²) in [6.45, 7) is 5.86. The largest absolute Gasteiger partial charge is 0.377 e. The Morgan fingerprint density at radius 2 is 1.43 bits per heavy atom. The van der Waals surface area contributed by atoms with Gasteiger partial charge in [-0.3, -0.25) is 0 Å². The van der Waals surface area contributed by atoms with Gasteiger partial charge in [-0.05, 0) is 37.5 Å². The summed E-state index contributed by atoms with van der Waals surface area (Å²) < 4.78 is 26.3. The van der Waals surface area contributed by atoms with Crippen molar-refractivity contribution >= 4 is 0 Å². The van der Waals surface area contributed by atoms with Crippen LogP contribution >= 0.6 is 0 Å². The van der Waals surface area contributed by atoms with E-state index in [-0.39, 0.29) is 13.2 Å². The molecule has 0 saturated carbocycles. The van der Waals surface area contributed by atoms with E-state index in [0.717, 1.165) is 16.7 Å². The van der Waals surface area contributed by atoms with E-state index in [0.29, 0.717) is 5.57 Å². The van der Waals surface area contributed by atoms with E-state index in [1.54, 1.807) is 0 Å². The second kappa shape index (κ2) is 11.3. The van der Waals surface area contributed by atoms with Crippen molar-refractivity contribution in [3.8, 4) is 12.1 Å². The Hall–Kier alpha value is -3.98. The van der Waals surface area contributed by atoms with Gasteiger partial charge < -0.3 is 24.3 Å². The van der Waals surface area contributed by atoms with E-state index in [1.165, 1.54) is 6.20 Å². The monoisotopic (exact) mass is 535 g/mol. The SMILES string of the molecule is CC1(C)O[C@@H]2C(COC(c3ccccc3)(c3ccccc3)c3ccccc3)OC(C(C#N)=CNCC#N)[C@]2(C)O1. The zero-order valence-electron chi connectivity index (χ0n) is 22.9. The quantitative estimate of drug-likeness (QED) is 0.174. The summed E-state index contributed by atoms with van der Waals surface area (Å²) >= 11 is 0. The molecular formula is C33H33N3O4. The minimum Gasteiger partial charge on any atom is -0.377 e. The molecule has 2 aliphatic rings. The van der Waals surface area contributed by atoms with Crippen molar-refractivity contribution in [1.82, 2.24) is 5.32 Å². The van der Waals surface area contributed by atoms with Gasteiger partial charge in [-0.1, -0.05) is 91.0 Å². The van der Waals surface area contributed by atoms with Crippen LogP contribution in [0.25, 0.3) is 0 Å². The van der Waals surface area contributed by atoms with Crippen molar-refractivity contribution in [3.63, 3.8) is 0 Å². The molecule has 0 radical (unpaired) electrons. The average Bonchev–Trinajstić information content (AvgIpc) is 3.38. The first-order valence-electron chi connectivity index (χ1n) is 13.4. The maximum Gasteiger partial charge on any atom is 0.164 e. The number of hydrogen-bond donors (Lipinski definition) is 1. The highest BCUT2D eigenvalue weighted by Gasteiger charge is 2.64. The molecule has 0 amide bonds. The van der Waals surface area contributed by atoms with E-state index >= 15 is 0 Å². The maximum absolute atomic E-state index is 9.99. The third-order valence-corrected chi connectivity index (χ3v) is 7.47. The maximum atomic E-state index is 9.99. The van der Waals surface area contributed by atoms with E-state index in [1.807, 2.05) is 81.4 Å². The third-order valence-electron chi connectivity index (χ3n) is 7.47. The fraction of sp³-hybridized carbons (Fsp3) is 0.333. The molecule has 7 heteroatoms. The summed E-state index contributed by atoms with van der Waals surface area (Å²) in [6.07, 6.45) is -0.236. The Morgan fingerprint density at radius 3 is 1.90 bits per heavy atom. The van der Waals surface area contributed by atoms with Crippen LogP contribution < -0.4 is 5.32 Å². The first-order valence-corrected chi connectivity index (χ1v) is 13.4. The number of hydrogen-bond acceptors (Lipinski definition) is 7. The fourth-order valence-electron chi connectivity index (χ4n) is 5.92. The van der Waals surface area contributed by atoms with Gasteiger partial charge in [-0.15, -0.1) is 0 Å². The molecule has 0 aliphatic carbocycles. The molecule has 4 atom stereocenters. The van der Waals surface area contributed by atoms with Gasteiger partial charge in [0.15, 0.2) is 5.79 Å². The van der Waals surface area contributed by atoms with Crippen LogP contribution in [0.15, 0.2) is 103 Å². The van der Waals surface area contributed by atoms with Crippen molar-refractivity contribution in [2.45, 2.75) is 56.1 Å². The molecule has 3 aromatic carbocycles. The first-order chi connectivity index (χ1) is 19.3. The summed E-state index contributed by atoms with van der Waals surface area (Å²) in [7, 11) is 0. The standard InChI is InChI=1S/C33H33N3O4/c1-31(2)39-30-28(38-29(32(30,3)40-31)24(21-35)22-36-20-19-34)23-37-33(25-13-7-4-8-14-25,26-15-9-5-10-16-26)27-17-11-6-12-18-27/h4-18,22,28-30,36H,20,23H2,1-3H3/t28?,29?,30-,32+/m1/s1. The molecule has 7 nitrogen and oxygen atoms in total. The molecule has 0 spiro atoms. The van der Waals surface area contributed by atoms with Gasteiger partial charge in [0.2, 0.25) is 0 Å². The number of benzene rings is 3. The van der Waals surface area contributed by atoms with Gasteiger partial charge in [0, 0.05) is 6.20 Å². The van der Waals surface area contributed by atoms with Crippen molar-refractivity contribution in [1.29, 1.82) is 10.5 Å². The van der Waals surface area contributed by atoms with Crippen LogP contribution in [0.2, 0.25) is 0 Å². The zero-order valence-corrected chi connectivity index (χ0v) is 22.9. The molecule has 0 bridgehead atoms. The zero-order chi connectivity index (χ0) is 28.2. The predicted octanol–water partition coefficient (Wildman–Crippen LogP) is 5.19. The molecule has 2 fully saturated rings. The number of nitriles is 2. The third kappa shape index (κ3) is 5.01. The number of rotatable bonds is 9. The minimum atomic E-state index is -0.942. The Bertz CT molecular complexity index is 1320. The van der Waals surface area contributed by atoms with Gasteiger partial charge in [-0.25, -0.2) is 0 Å². The summed E-state index contributed by atoms with van der Waals surface area (Å²) in [5.74, 6) is -0.879. The molecule has 2 aliphatic heterocycles. The lowest BCUT2D eigenvalue weighted by Gasteiger charge is -2.37. The number of fused-ring (bicyclic) bond motifs is 1. The van der Waals surface area contributed by atoms with Crippen molar-refractivity contribution in [2.24, 2.45) is 0 Å². The lowest BCUT2D eigenvalue weighted by atomic mass is 9.80. The fourth-order valence-corrected chi connectivity index (χ4v) is 5.92. The van der Waals surface area contributed by atoms with E-state index in [9.17, 15) is 5.26 Å². The molecule has 1 N–H and O–H groups in total. The van der Waals surface area contributed by atoms with Gasteiger partial charge in [0.25, 0.3) is 0 Å². The lowest BCUT2D eigenvalue weighted by Crippen LogP contribution is -2.45. The van der Waals surface area contributed by atoms with Crippen molar-refractivity contribution < 1.29 is 18.9 Å².